The van der Waals surface area contributed by atoms with Crippen LogP contribution in [0.1, 0.15) is 13.3 Å². The maximum atomic E-state index is 10.8. The molecule has 1 atom stereocenters. The number of hydrogen-bond acceptors (Lipinski definition) is 2. The summed E-state index contributed by atoms with van der Waals surface area (Å²) in [5.41, 5.74) is 0.339. The second kappa shape index (κ2) is 1.37. The summed E-state index contributed by atoms with van der Waals surface area (Å²) in [4.78, 5) is 10.8. The average Bonchev–Trinajstić information content (AvgIpc) is 2.34. The van der Waals surface area contributed by atoms with Gasteiger partial charge in [0.1, 0.15) is 5.78 Å². The quantitative estimate of drug-likeness (QED) is 0.514. The molecule has 0 N–H and O–H groups in total. The third-order valence-electron chi connectivity index (χ3n) is 2.46. The van der Waals surface area contributed by atoms with E-state index in [9.17, 15) is 4.79 Å². The first-order valence-electron chi connectivity index (χ1n) is 3.33. The molecule has 1 aliphatic heterocycles. The van der Waals surface area contributed by atoms with Crippen molar-refractivity contribution in [3.8, 4) is 0 Å². The fourth-order valence-electron chi connectivity index (χ4n) is 1.61. The first-order valence-corrected chi connectivity index (χ1v) is 3.33. The lowest BCUT2D eigenvalue weighted by Crippen LogP contribution is -2.32. The molecule has 0 aromatic rings. The van der Waals surface area contributed by atoms with Gasteiger partial charge in [0.15, 0.2) is 0 Å². The second-order valence-corrected chi connectivity index (χ2v) is 3.22. The smallest absolute Gasteiger partial charge is 0.133 e. The molecule has 1 unspecified atom stereocenters. The Morgan fingerprint density at radius 3 is 2.44 bits per heavy atom. The predicted octanol–water partition coefficient (Wildman–Crippen LogP) is 0.612. The van der Waals surface area contributed by atoms with Gasteiger partial charge in [0.25, 0.3) is 0 Å². The van der Waals surface area contributed by atoms with Crippen LogP contribution in [0.2, 0.25) is 0 Å². The van der Waals surface area contributed by atoms with Gasteiger partial charge in [0.05, 0.1) is 13.2 Å². The highest BCUT2D eigenvalue weighted by Gasteiger charge is 2.61. The van der Waals surface area contributed by atoms with Gasteiger partial charge in [-0.2, -0.15) is 0 Å². The number of carbonyl (C=O) groups is 1. The van der Waals surface area contributed by atoms with Gasteiger partial charge in [-0.15, -0.1) is 0 Å². The number of ether oxygens (including phenoxy) is 1. The Labute approximate surface area is 54.2 Å². The minimum Gasteiger partial charge on any atom is -0.380 e. The number of ketones is 1. The third-order valence-corrected chi connectivity index (χ3v) is 2.46. The van der Waals surface area contributed by atoms with Crippen LogP contribution in [0.25, 0.3) is 0 Å². The molecule has 1 saturated carbocycles. The Morgan fingerprint density at radius 1 is 1.67 bits per heavy atom. The molecule has 0 aromatic heterocycles. The molecular formula is C7H10O2. The zero-order chi connectivity index (χ0) is 6.48. The molecule has 1 aliphatic carbocycles. The zero-order valence-corrected chi connectivity index (χ0v) is 5.52. The van der Waals surface area contributed by atoms with Gasteiger partial charge < -0.3 is 4.74 Å². The van der Waals surface area contributed by atoms with Crippen LogP contribution in [-0.4, -0.2) is 19.0 Å². The molecule has 1 spiro atoms. The van der Waals surface area contributed by atoms with Gasteiger partial charge in [0.2, 0.25) is 0 Å². The highest BCUT2D eigenvalue weighted by Crippen LogP contribution is 2.57. The fraction of sp³-hybridized carbons (Fsp3) is 0.857. The van der Waals surface area contributed by atoms with Crippen molar-refractivity contribution < 1.29 is 9.53 Å². The van der Waals surface area contributed by atoms with Crippen LogP contribution in [0, 0.1) is 11.3 Å². The van der Waals surface area contributed by atoms with E-state index in [-0.39, 0.29) is 0 Å². The number of rotatable bonds is 1. The maximum Gasteiger partial charge on any atom is 0.133 e. The van der Waals surface area contributed by atoms with Crippen LogP contribution in [0.15, 0.2) is 0 Å². The van der Waals surface area contributed by atoms with Gasteiger partial charge in [-0.3, -0.25) is 4.79 Å². The molecule has 0 amide bonds. The molecule has 0 radical (unpaired) electrons. The van der Waals surface area contributed by atoms with Crippen LogP contribution in [0.4, 0.5) is 0 Å². The molecule has 2 rings (SSSR count). The molecule has 2 aliphatic rings. The molecule has 2 nitrogen and oxygen atoms in total. The average molecular weight is 126 g/mol. The Bertz CT molecular complexity index is 158. The van der Waals surface area contributed by atoms with Crippen molar-refractivity contribution in [3.05, 3.63) is 0 Å². The lowest BCUT2D eigenvalue weighted by atomic mass is 10.0. The zero-order valence-electron chi connectivity index (χ0n) is 5.52. The predicted molar refractivity (Wildman–Crippen MR) is 32.0 cm³/mol. The molecule has 2 fully saturated rings. The van der Waals surface area contributed by atoms with Gasteiger partial charge in [0, 0.05) is 11.3 Å². The van der Waals surface area contributed by atoms with E-state index < -0.39 is 0 Å². The molecule has 9 heavy (non-hydrogen) atoms. The van der Waals surface area contributed by atoms with E-state index >= 15 is 0 Å². The lowest BCUT2D eigenvalue weighted by molar-refractivity contribution is -0.123. The molecule has 50 valence electrons. The molecule has 2 heteroatoms. The van der Waals surface area contributed by atoms with Crippen molar-refractivity contribution in [2.75, 3.05) is 13.2 Å². The minimum absolute atomic E-state index is 0.339. The van der Waals surface area contributed by atoms with Gasteiger partial charge in [-0.05, 0) is 13.3 Å². The van der Waals surface area contributed by atoms with E-state index in [2.05, 4.69) is 0 Å². The van der Waals surface area contributed by atoms with Gasteiger partial charge in [-0.1, -0.05) is 0 Å². The Hall–Kier alpha value is -0.370. The van der Waals surface area contributed by atoms with Crippen molar-refractivity contribution in [1.82, 2.24) is 0 Å². The summed E-state index contributed by atoms with van der Waals surface area (Å²) in [7, 11) is 0. The van der Waals surface area contributed by atoms with E-state index in [1.165, 1.54) is 0 Å². The van der Waals surface area contributed by atoms with E-state index in [4.69, 9.17) is 4.74 Å². The van der Waals surface area contributed by atoms with Crippen molar-refractivity contribution in [2.24, 2.45) is 11.3 Å². The molecule has 1 heterocycles. The second-order valence-electron chi connectivity index (χ2n) is 3.22. The first kappa shape index (κ1) is 5.42. The maximum absolute atomic E-state index is 10.8. The van der Waals surface area contributed by atoms with E-state index in [1.54, 1.807) is 6.92 Å². The largest absolute Gasteiger partial charge is 0.380 e. The Morgan fingerprint density at radius 2 is 2.33 bits per heavy atom. The SMILES string of the molecule is CC(=O)C1CC12COC2. The van der Waals surface area contributed by atoms with Gasteiger partial charge in [-0.25, -0.2) is 0 Å². The first-order chi connectivity index (χ1) is 4.25. The van der Waals surface area contributed by atoms with Crippen molar-refractivity contribution in [2.45, 2.75) is 13.3 Å². The summed E-state index contributed by atoms with van der Waals surface area (Å²) in [5, 5.41) is 0. The van der Waals surface area contributed by atoms with E-state index in [0.29, 0.717) is 17.1 Å². The Balaban J connectivity index is 2.01. The van der Waals surface area contributed by atoms with Crippen molar-refractivity contribution >= 4 is 5.78 Å². The molecular weight excluding hydrogens is 116 g/mol. The Kier molecular flexibility index (Phi) is 0.826. The van der Waals surface area contributed by atoms with Crippen LogP contribution >= 0.6 is 0 Å². The standard InChI is InChI=1S/C7H10O2/c1-5(8)6-2-7(6)3-9-4-7/h6H,2-4H2,1H3. The van der Waals surface area contributed by atoms with Crippen molar-refractivity contribution in [1.29, 1.82) is 0 Å². The number of hydrogen-bond donors (Lipinski definition) is 0. The highest BCUT2D eigenvalue weighted by molar-refractivity contribution is 5.82. The summed E-state index contributed by atoms with van der Waals surface area (Å²) in [6.45, 7) is 3.34. The fourth-order valence-corrected chi connectivity index (χ4v) is 1.61. The number of Topliss-reactive ketones (excluding diaryl/α,β-unsaturated/α-hetero) is 1. The van der Waals surface area contributed by atoms with E-state index in [0.717, 1.165) is 19.6 Å². The molecule has 1 saturated heterocycles. The summed E-state index contributed by atoms with van der Waals surface area (Å²) >= 11 is 0. The molecule has 0 bridgehead atoms. The van der Waals surface area contributed by atoms with Crippen LogP contribution in [0.5, 0.6) is 0 Å². The van der Waals surface area contributed by atoms with Crippen LogP contribution in [0.3, 0.4) is 0 Å². The van der Waals surface area contributed by atoms with Crippen LogP contribution in [-0.2, 0) is 9.53 Å². The third kappa shape index (κ3) is 0.568. The summed E-state index contributed by atoms with van der Waals surface area (Å²) in [6, 6.07) is 0. The number of carbonyl (C=O) groups excluding carboxylic acids is 1. The van der Waals surface area contributed by atoms with Crippen molar-refractivity contribution in [3.63, 3.8) is 0 Å². The summed E-state index contributed by atoms with van der Waals surface area (Å²) < 4.78 is 5.03. The minimum atomic E-state index is 0.339. The summed E-state index contributed by atoms with van der Waals surface area (Å²) in [5.74, 6) is 0.699. The topological polar surface area (TPSA) is 26.3 Å². The van der Waals surface area contributed by atoms with Crippen LogP contribution < -0.4 is 0 Å². The summed E-state index contributed by atoms with van der Waals surface area (Å²) in [6.07, 6.45) is 1.09. The highest BCUT2D eigenvalue weighted by atomic mass is 16.5. The lowest BCUT2D eigenvalue weighted by Gasteiger charge is -2.26. The molecule has 0 aromatic carbocycles. The monoisotopic (exact) mass is 126 g/mol. The van der Waals surface area contributed by atoms with E-state index in [1.807, 2.05) is 0 Å². The normalized spacial score (nSPS) is 35.9. The van der Waals surface area contributed by atoms with Gasteiger partial charge >= 0.3 is 0 Å².